The van der Waals surface area contributed by atoms with Gasteiger partial charge in [0.25, 0.3) is 0 Å². The summed E-state index contributed by atoms with van der Waals surface area (Å²) in [7, 11) is 0. The van der Waals surface area contributed by atoms with Crippen LogP contribution >= 0.6 is 0 Å². The minimum absolute atomic E-state index is 0.184. The molecule has 0 rings (SSSR count). The van der Waals surface area contributed by atoms with E-state index < -0.39 is 0 Å². The molecule has 0 aromatic rings. The molecule has 0 aliphatic rings. The molecule has 0 amide bonds. The Labute approximate surface area is 56.5 Å². The van der Waals surface area contributed by atoms with Crippen molar-refractivity contribution >= 4 is 0 Å². The summed E-state index contributed by atoms with van der Waals surface area (Å²) in [6.07, 6.45) is 1.19. The van der Waals surface area contributed by atoms with Gasteiger partial charge in [-0.2, -0.15) is 0 Å². The van der Waals surface area contributed by atoms with Crippen LogP contribution in [0.3, 0.4) is 0 Å². The third-order valence-electron chi connectivity index (χ3n) is 1.43. The molecule has 0 fully saturated rings. The highest BCUT2D eigenvalue weighted by Crippen LogP contribution is 2.06. The van der Waals surface area contributed by atoms with Gasteiger partial charge in [0.1, 0.15) is 0 Å². The van der Waals surface area contributed by atoms with Gasteiger partial charge in [0.05, 0.1) is 6.10 Å². The Kier molecular flexibility index (Phi) is 4.72. The molecule has 2 nitrogen and oxygen atoms in total. The molecule has 0 saturated carbocycles. The van der Waals surface area contributed by atoms with E-state index in [1.165, 1.54) is 0 Å². The van der Waals surface area contributed by atoms with Crippen LogP contribution in [0.25, 0.3) is 0 Å². The fourth-order valence-corrected chi connectivity index (χ4v) is 0.634. The average Bonchev–Trinajstić information content (AvgIpc) is 1.82. The van der Waals surface area contributed by atoms with Crippen molar-refractivity contribution in [1.82, 2.24) is 0 Å². The van der Waals surface area contributed by atoms with Gasteiger partial charge in [0.15, 0.2) is 0 Å². The van der Waals surface area contributed by atoms with Crippen molar-refractivity contribution < 1.29 is 10.2 Å². The lowest BCUT2D eigenvalue weighted by Crippen LogP contribution is -2.14. The Bertz CT molecular complexity index is 61.9. The zero-order chi connectivity index (χ0) is 7.28. The highest BCUT2D eigenvalue weighted by Gasteiger charge is 2.06. The highest BCUT2D eigenvalue weighted by atomic mass is 16.3. The van der Waals surface area contributed by atoms with Gasteiger partial charge in [-0.25, -0.2) is 0 Å². The van der Waals surface area contributed by atoms with Crippen LogP contribution in [0.2, 0.25) is 0 Å². The summed E-state index contributed by atoms with van der Waals surface area (Å²) < 4.78 is 0. The van der Waals surface area contributed by atoms with Crippen LogP contribution in [-0.4, -0.2) is 22.9 Å². The second-order valence-electron chi connectivity index (χ2n) is 2.68. The molecule has 0 spiro atoms. The van der Waals surface area contributed by atoms with Crippen molar-refractivity contribution in [3.05, 3.63) is 0 Å². The van der Waals surface area contributed by atoms with Crippen LogP contribution in [0, 0.1) is 5.92 Å². The van der Waals surface area contributed by atoms with E-state index in [1.807, 2.05) is 13.8 Å². The second-order valence-corrected chi connectivity index (χ2v) is 2.68. The van der Waals surface area contributed by atoms with Crippen molar-refractivity contribution in [2.75, 3.05) is 6.61 Å². The molecule has 0 aliphatic carbocycles. The van der Waals surface area contributed by atoms with Gasteiger partial charge in [0.2, 0.25) is 0 Å². The van der Waals surface area contributed by atoms with Gasteiger partial charge in [-0.3, -0.25) is 0 Å². The molecule has 0 aliphatic heterocycles. The molecular weight excluding hydrogens is 116 g/mol. The smallest absolute Gasteiger partial charge is 0.0564 e. The molecule has 2 N–H and O–H groups in total. The summed E-state index contributed by atoms with van der Waals surface area (Å²) in [6, 6.07) is 0. The normalized spacial score (nSPS) is 14.3. The Balaban J connectivity index is 3.16. The third kappa shape index (κ3) is 4.43. The molecule has 9 heavy (non-hydrogen) atoms. The maximum Gasteiger partial charge on any atom is 0.0564 e. The predicted octanol–water partition coefficient (Wildman–Crippen LogP) is 0.776. The van der Waals surface area contributed by atoms with E-state index in [1.54, 1.807) is 0 Å². The van der Waals surface area contributed by atoms with E-state index in [0.29, 0.717) is 18.8 Å². The van der Waals surface area contributed by atoms with E-state index in [0.717, 1.165) is 0 Å². The van der Waals surface area contributed by atoms with E-state index in [2.05, 4.69) is 0 Å². The molecule has 0 bridgehead atoms. The summed E-state index contributed by atoms with van der Waals surface area (Å²) in [5.41, 5.74) is 0. The lowest BCUT2D eigenvalue weighted by atomic mass is 10.0. The zero-order valence-electron chi connectivity index (χ0n) is 6.17. The Hall–Kier alpha value is -0.0800. The van der Waals surface area contributed by atoms with Crippen molar-refractivity contribution in [3.8, 4) is 0 Å². The molecule has 0 heterocycles. The minimum Gasteiger partial charge on any atom is -0.396 e. The van der Waals surface area contributed by atoms with E-state index in [4.69, 9.17) is 10.2 Å². The quantitative estimate of drug-likeness (QED) is 0.593. The van der Waals surface area contributed by atoms with Crippen LogP contribution in [0.4, 0.5) is 0 Å². The third-order valence-corrected chi connectivity index (χ3v) is 1.43. The summed E-state index contributed by atoms with van der Waals surface area (Å²) in [4.78, 5) is 0. The van der Waals surface area contributed by atoms with Gasteiger partial charge in [-0.05, 0) is 18.8 Å². The molecular formula is C7H16O2. The van der Waals surface area contributed by atoms with E-state index >= 15 is 0 Å². The molecule has 0 aromatic heterocycles. The zero-order valence-corrected chi connectivity index (χ0v) is 6.17. The van der Waals surface area contributed by atoms with Crippen molar-refractivity contribution in [3.63, 3.8) is 0 Å². The van der Waals surface area contributed by atoms with Crippen molar-refractivity contribution in [1.29, 1.82) is 0 Å². The minimum atomic E-state index is -0.239. The van der Waals surface area contributed by atoms with E-state index in [-0.39, 0.29) is 12.7 Å². The Morgan fingerprint density at radius 2 is 1.89 bits per heavy atom. The number of rotatable bonds is 4. The summed E-state index contributed by atoms with van der Waals surface area (Å²) in [6.45, 7) is 4.13. The maximum atomic E-state index is 9.15. The molecule has 56 valence electrons. The number of hydrogen-bond acceptors (Lipinski definition) is 2. The second kappa shape index (κ2) is 4.77. The van der Waals surface area contributed by atoms with Gasteiger partial charge >= 0.3 is 0 Å². The first-order chi connectivity index (χ1) is 4.18. The van der Waals surface area contributed by atoms with Gasteiger partial charge in [-0.15, -0.1) is 0 Å². The fourth-order valence-electron chi connectivity index (χ4n) is 0.634. The van der Waals surface area contributed by atoms with Crippen LogP contribution in [-0.2, 0) is 0 Å². The molecule has 0 saturated heterocycles. The number of hydrogen-bond donors (Lipinski definition) is 2. The van der Waals surface area contributed by atoms with E-state index in [9.17, 15) is 0 Å². The van der Waals surface area contributed by atoms with Crippen LogP contribution in [0.5, 0.6) is 0 Å². The predicted molar refractivity (Wildman–Crippen MR) is 37.2 cm³/mol. The fraction of sp³-hybridized carbons (Fsp3) is 1.00. The van der Waals surface area contributed by atoms with Gasteiger partial charge in [0, 0.05) is 6.61 Å². The maximum absolute atomic E-state index is 9.15. The van der Waals surface area contributed by atoms with Crippen LogP contribution < -0.4 is 0 Å². The van der Waals surface area contributed by atoms with Crippen molar-refractivity contribution in [2.24, 2.45) is 5.92 Å². The van der Waals surface area contributed by atoms with Crippen LogP contribution in [0.1, 0.15) is 26.7 Å². The number of aliphatic hydroxyl groups excluding tert-OH is 2. The largest absolute Gasteiger partial charge is 0.396 e. The average molecular weight is 132 g/mol. The summed E-state index contributed by atoms with van der Waals surface area (Å²) >= 11 is 0. The van der Waals surface area contributed by atoms with Crippen molar-refractivity contribution in [2.45, 2.75) is 32.8 Å². The first-order valence-electron chi connectivity index (χ1n) is 3.47. The van der Waals surface area contributed by atoms with Gasteiger partial charge in [-0.1, -0.05) is 13.8 Å². The molecule has 1 atom stereocenters. The lowest BCUT2D eigenvalue weighted by Gasteiger charge is -2.12. The molecule has 1 unspecified atom stereocenters. The first-order valence-corrected chi connectivity index (χ1v) is 3.47. The standard InChI is InChI=1S/C7H16O2/c1-6(2)7(9)4-3-5-8/h6-9H,3-5H2,1-2H3. The molecule has 2 heteroatoms. The highest BCUT2D eigenvalue weighted by molar-refractivity contribution is 4.58. The first kappa shape index (κ1) is 8.92. The SMILES string of the molecule is CC(C)C(O)CCCO. The van der Waals surface area contributed by atoms with Crippen LogP contribution in [0.15, 0.2) is 0 Å². The summed E-state index contributed by atoms with van der Waals surface area (Å²) in [5, 5.41) is 17.5. The molecule has 0 radical (unpaired) electrons. The van der Waals surface area contributed by atoms with Gasteiger partial charge < -0.3 is 10.2 Å². The molecule has 0 aromatic carbocycles. The topological polar surface area (TPSA) is 40.5 Å². The monoisotopic (exact) mass is 132 g/mol. The summed E-state index contributed by atoms with van der Waals surface area (Å²) in [5.74, 6) is 0.316. The lowest BCUT2D eigenvalue weighted by molar-refractivity contribution is 0.106. The Morgan fingerprint density at radius 1 is 1.33 bits per heavy atom. The number of aliphatic hydroxyl groups is 2. The Morgan fingerprint density at radius 3 is 2.22 bits per heavy atom.